The van der Waals surface area contributed by atoms with E-state index in [-0.39, 0.29) is 18.4 Å². The van der Waals surface area contributed by atoms with Crippen LogP contribution in [-0.4, -0.2) is 54.9 Å². The van der Waals surface area contributed by atoms with Crippen LogP contribution in [0.2, 0.25) is 0 Å². The van der Waals surface area contributed by atoms with E-state index in [1.165, 1.54) is 5.56 Å². The highest BCUT2D eigenvalue weighted by Gasteiger charge is 2.21. The van der Waals surface area contributed by atoms with Gasteiger partial charge in [0.2, 0.25) is 11.8 Å². The molecule has 0 radical (unpaired) electrons. The number of ether oxygens (including phenoxy) is 1. The minimum absolute atomic E-state index is 0.0391. The number of amides is 2. The van der Waals surface area contributed by atoms with Crippen LogP contribution in [0.4, 0.5) is 0 Å². The van der Waals surface area contributed by atoms with Crippen molar-refractivity contribution in [3.63, 3.8) is 0 Å². The van der Waals surface area contributed by atoms with E-state index in [0.29, 0.717) is 26.1 Å². The van der Waals surface area contributed by atoms with Crippen LogP contribution in [0.25, 0.3) is 0 Å². The Morgan fingerprint density at radius 2 is 2.00 bits per heavy atom. The van der Waals surface area contributed by atoms with E-state index in [0.717, 1.165) is 18.6 Å². The molecule has 0 atom stereocenters. The van der Waals surface area contributed by atoms with Crippen molar-refractivity contribution < 1.29 is 14.3 Å². The molecule has 1 aliphatic heterocycles. The zero-order valence-electron chi connectivity index (χ0n) is 13.4. The van der Waals surface area contributed by atoms with E-state index in [1.54, 1.807) is 16.8 Å². The Bertz CT molecular complexity index is 513. The Morgan fingerprint density at radius 3 is 2.68 bits per heavy atom. The third kappa shape index (κ3) is 4.76. The van der Waals surface area contributed by atoms with Gasteiger partial charge in [0.1, 0.15) is 12.4 Å². The number of benzene rings is 1. The van der Waals surface area contributed by atoms with E-state index in [2.05, 4.69) is 0 Å². The zero-order chi connectivity index (χ0) is 15.9. The van der Waals surface area contributed by atoms with Crippen molar-refractivity contribution in [2.24, 2.45) is 0 Å². The van der Waals surface area contributed by atoms with Crippen molar-refractivity contribution in [2.45, 2.75) is 26.2 Å². The first-order valence-electron chi connectivity index (χ1n) is 7.77. The molecule has 1 fully saturated rings. The molecule has 0 bridgehead atoms. The van der Waals surface area contributed by atoms with Crippen LogP contribution in [0.15, 0.2) is 24.3 Å². The summed E-state index contributed by atoms with van der Waals surface area (Å²) in [5.74, 6) is 0.851. The van der Waals surface area contributed by atoms with Gasteiger partial charge in [-0.2, -0.15) is 0 Å². The van der Waals surface area contributed by atoms with Crippen molar-refractivity contribution in [1.29, 1.82) is 0 Å². The number of carbonyl (C=O) groups excluding carboxylic acids is 2. The lowest BCUT2D eigenvalue weighted by Crippen LogP contribution is -2.44. The van der Waals surface area contributed by atoms with Crippen molar-refractivity contribution in [2.75, 3.05) is 33.3 Å². The van der Waals surface area contributed by atoms with Gasteiger partial charge in [-0.1, -0.05) is 17.7 Å². The molecule has 120 valence electrons. The number of piperidine rings is 1. The maximum atomic E-state index is 12.1. The average molecular weight is 304 g/mol. The predicted octanol–water partition coefficient (Wildman–Crippen LogP) is 1.84. The second-order valence-corrected chi connectivity index (χ2v) is 5.75. The van der Waals surface area contributed by atoms with Crippen LogP contribution in [-0.2, 0) is 9.59 Å². The third-order valence-electron chi connectivity index (χ3n) is 3.89. The van der Waals surface area contributed by atoms with E-state index >= 15 is 0 Å². The van der Waals surface area contributed by atoms with Crippen LogP contribution in [0.1, 0.15) is 24.8 Å². The molecule has 5 heteroatoms. The summed E-state index contributed by atoms with van der Waals surface area (Å²) in [7, 11) is 1.75. The quantitative estimate of drug-likeness (QED) is 0.806. The molecule has 0 unspecified atom stereocenters. The van der Waals surface area contributed by atoms with Crippen LogP contribution < -0.4 is 4.74 Å². The molecule has 5 nitrogen and oxygen atoms in total. The Hall–Kier alpha value is -2.04. The fraction of sp³-hybridized carbons (Fsp3) is 0.529. The first-order chi connectivity index (χ1) is 10.6. The SMILES string of the molecule is Cc1ccc(OCCN(C)C(=O)CN2CCCCC2=O)cc1. The molecule has 0 N–H and O–H groups in total. The number of nitrogens with zero attached hydrogens (tertiary/aromatic N) is 2. The molecule has 1 aliphatic rings. The lowest BCUT2D eigenvalue weighted by atomic mass is 10.1. The number of likely N-dealkylation sites (tertiary alicyclic amines) is 1. The fourth-order valence-electron chi connectivity index (χ4n) is 2.37. The van der Waals surface area contributed by atoms with Gasteiger partial charge in [0, 0.05) is 20.0 Å². The zero-order valence-corrected chi connectivity index (χ0v) is 13.4. The topological polar surface area (TPSA) is 49.9 Å². The molecule has 1 aromatic carbocycles. The van der Waals surface area contributed by atoms with Gasteiger partial charge in [-0.3, -0.25) is 9.59 Å². The second kappa shape index (κ2) is 7.82. The summed E-state index contributed by atoms with van der Waals surface area (Å²) in [5.41, 5.74) is 1.19. The molecule has 1 heterocycles. The molecular formula is C17H24N2O3. The Balaban J connectivity index is 1.71. The molecule has 2 amide bonds. The average Bonchev–Trinajstić information content (AvgIpc) is 2.51. The molecule has 0 spiro atoms. The Labute approximate surface area is 131 Å². The van der Waals surface area contributed by atoms with Crippen LogP contribution in [0, 0.1) is 6.92 Å². The number of rotatable bonds is 6. The Kier molecular flexibility index (Phi) is 5.81. The standard InChI is InChI=1S/C17H24N2O3/c1-14-6-8-15(9-7-14)22-12-11-18(2)17(21)13-19-10-4-3-5-16(19)20/h6-9H,3-5,10-13H2,1-2H3. The molecular weight excluding hydrogens is 280 g/mol. The molecule has 1 saturated heterocycles. The number of hydrogen-bond acceptors (Lipinski definition) is 3. The summed E-state index contributed by atoms with van der Waals surface area (Å²) in [6.45, 7) is 3.85. The monoisotopic (exact) mass is 304 g/mol. The molecule has 0 aliphatic carbocycles. The number of aryl methyl sites for hydroxylation is 1. The van der Waals surface area contributed by atoms with Gasteiger partial charge < -0.3 is 14.5 Å². The van der Waals surface area contributed by atoms with E-state index in [1.807, 2.05) is 31.2 Å². The van der Waals surface area contributed by atoms with Crippen LogP contribution in [0.3, 0.4) is 0 Å². The highest BCUT2D eigenvalue weighted by Crippen LogP contribution is 2.12. The van der Waals surface area contributed by atoms with Gasteiger partial charge in [-0.05, 0) is 31.9 Å². The first kappa shape index (κ1) is 16.3. The van der Waals surface area contributed by atoms with Crippen molar-refractivity contribution >= 4 is 11.8 Å². The number of likely N-dealkylation sites (N-methyl/N-ethyl adjacent to an activating group) is 1. The summed E-state index contributed by atoms with van der Waals surface area (Å²) in [5, 5.41) is 0. The highest BCUT2D eigenvalue weighted by atomic mass is 16.5. The van der Waals surface area contributed by atoms with Gasteiger partial charge in [0.25, 0.3) is 0 Å². The smallest absolute Gasteiger partial charge is 0.242 e. The summed E-state index contributed by atoms with van der Waals surface area (Å²) < 4.78 is 5.62. The molecule has 2 rings (SSSR count). The third-order valence-corrected chi connectivity index (χ3v) is 3.89. The largest absolute Gasteiger partial charge is 0.492 e. The van der Waals surface area contributed by atoms with Gasteiger partial charge in [0.05, 0.1) is 13.1 Å². The normalized spacial score (nSPS) is 14.8. The fourth-order valence-corrected chi connectivity index (χ4v) is 2.37. The molecule has 0 saturated carbocycles. The number of carbonyl (C=O) groups is 2. The van der Waals surface area contributed by atoms with Gasteiger partial charge in [-0.25, -0.2) is 0 Å². The molecule has 0 aromatic heterocycles. The molecule has 22 heavy (non-hydrogen) atoms. The summed E-state index contributed by atoms with van der Waals surface area (Å²) in [6, 6.07) is 7.82. The van der Waals surface area contributed by atoms with Gasteiger partial charge >= 0.3 is 0 Å². The second-order valence-electron chi connectivity index (χ2n) is 5.75. The van der Waals surface area contributed by atoms with E-state index < -0.39 is 0 Å². The maximum Gasteiger partial charge on any atom is 0.242 e. The van der Waals surface area contributed by atoms with Crippen molar-refractivity contribution in [3.8, 4) is 5.75 Å². The van der Waals surface area contributed by atoms with Crippen LogP contribution in [0.5, 0.6) is 5.75 Å². The lowest BCUT2D eigenvalue weighted by Gasteiger charge is -2.28. The summed E-state index contributed by atoms with van der Waals surface area (Å²) in [4.78, 5) is 27.1. The van der Waals surface area contributed by atoms with Gasteiger partial charge in [-0.15, -0.1) is 0 Å². The molecule has 1 aromatic rings. The van der Waals surface area contributed by atoms with Crippen molar-refractivity contribution in [1.82, 2.24) is 9.80 Å². The number of hydrogen-bond donors (Lipinski definition) is 0. The van der Waals surface area contributed by atoms with Crippen LogP contribution >= 0.6 is 0 Å². The maximum absolute atomic E-state index is 12.1. The lowest BCUT2D eigenvalue weighted by molar-refractivity contribution is -0.141. The first-order valence-corrected chi connectivity index (χ1v) is 7.77. The summed E-state index contributed by atoms with van der Waals surface area (Å²) in [6.07, 6.45) is 2.48. The van der Waals surface area contributed by atoms with Crippen molar-refractivity contribution in [3.05, 3.63) is 29.8 Å². The summed E-state index contributed by atoms with van der Waals surface area (Å²) >= 11 is 0. The predicted molar refractivity (Wildman–Crippen MR) is 84.7 cm³/mol. The Morgan fingerprint density at radius 1 is 1.27 bits per heavy atom. The minimum Gasteiger partial charge on any atom is -0.492 e. The van der Waals surface area contributed by atoms with E-state index in [9.17, 15) is 9.59 Å². The highest BCUT2D eigenvalue weighted by molar-refractivity contribution is 5.85. The van der Waals surface area contributed by atoms with Gasteiger partial charge in [0.15, 0.2) is 0 Å². The minimum atomic E-state index is -0.0391. The van der Waals surface area contributed by atoms with E-state index in [4.69, 9.17) is 4.74 Å².